The predicted octanol–water partition coefficient (Wildman–Crippen LogP) is 6.25. The number of rotatable bonds is 5. The lowest BCUT2D eigenvalue weighted by molar-refractivity contribution is 0.268. The van der Waals surface area contributed by atoms with Gasteiger partial charge in [0.1, 0.15) is 0 Å². The molecule has 0 spiro atoms. The molecule has 4 nitrogen and oxygen atoms in total. The van der Waals surface area contributed by atoms with Crippen molar-refractivity contribution in [3.8, 4) is 17.0 Å². The summed E-state index contributed by atoms with van der Waals surface area (Å²) < 4.78 is 1.52. The lowest BCUT2D eigenvalue weighted by Crippen LogP contribution is -2.23. The van der Waals surface area contributed by atoms with Crippen molar-refractivity contribution in [2.45, 2.75) is 6.04 Å². The fourth-order valence-electron chi connectivity index (χ4n) is 3.36. The molecule has 0 saturated heterocycles. The summed E-state index contributed by atoms with van der Waals surface area (Å²) in [7, 11) is 0. The maximum atomic E-state index is 11.1. The topological polar surface area (TPSA) is 57.4 Å². The molecule has 3 aromatic carbocycles. The standard InChI is InChI=1S/C22H17Cl3N2O2/c23-15-8-6-14(7-9-15)21-16-10-17(24)18(25)11-20(16)27(22(21)29)26-19(12-28)13-4-2-1-3-5-13/h1-11,19,26,28-29H,12H2/t19-/m0/s1. The van der Waals surface area contributed by atoms with Crippen LogP contribution >= 0.6 is 34.8 Å². The highest BCUT2D eigenvalue weighted by atomic mass is 35.5. The van der Waals surface area contributed by atoms with Gasteiger partial charge in [0, 0.05) is 10.4 Å². The number of aliphatic hydroxyl groups excluding tert-OH is 1. The molecule has 4 aromatic rings. The molecule has 3 N–H and O–H groups in total. The van der Waals surface area contributed by atoms with Crippen molar-refractivity contribution in [3.05, 3.63) is 87.4 Å². The molecule has 0 unspecified atom stereocenters. The number of aromatic nitrogens is 1. The molecule has 0 fully saturated rings. The van der Waals surface area contributed by atoms with Crippen LogP contribution in [-0.4, -0.2) is 21.5 Å². The van der Waals surface area contributed by atoms with Crippen LogP contribution < -0.4 is 5.43 Å². The van der Waals surface area contributed by atoms with Crippen LogP contribution in [0.1, 0.15) is 11.6 Å². The third-order valence-electron chi connectivity index (χ3n) is 4.79. The van der Waals surface area contributed by atoms with Gasteiger partial charge in [-0.1, -0.05) is 77.3 Å². The molecule has 0 aliphatic rings. The maximum absolute atomic E-state index is 11.1. The summed E-state index contributed by atoms with van der Waals surface area (Å²) in [4.78, 5) is 0. The number of fused-ring (bicyclic) bond motifs is 1. The van der Waals surface area contributed by atoms with Crippen LogP contribution in [-0.2, 0) is 0 Å². The van der Waals surface area contributed by atoms with Gasteiger partial charge in [0.25, 0.3) is 0 Å². The second-order valence-corrected chi connectivity index (χ2v) is 7.85. The number of hydrogen-bond donors (Lipinski definition) is 3. The zero-order chi connectivity index (χ0) is 20.5. The molecule has 1 heterocycles. The van der Waals surface area contributed by atoms with Gasteiger partial charge in [0.15, 0.2) is 0 Å². The Hall–Kier alpha value is -2.37. The van der Waals surface area contributed by atoms with E-state index in [0.29, 0.717) is 26.1 Å². The van der Waals surface area contributed by atoms with E-state index in [9.17, 15) is 10.2 Å². The number of nitrogens with zero attached hydrogens (tertiary/aromatic N) is 1. The van der Waals surface area contributed by atoms with Crippen LogP contribution in [0.2, 0.25) is 15.1 Å². The van der Waals surface area contributed by atoms with E-state index < -0.39 is 6.04 Å². The first-order chi connectivity index (χ1) is 14.0. The third-order valence-corrected chi connectivity index (χ3v) is 5.76. The van der Waals surface area contributed by atoms with Crippen LogP contribution in [0.5, 0.6) is 5.88 Å². The second kappa shape index (κ2) is 8.17. The van der Waals surface area contributed by atoms with Crippen molar-refractivity contribution in [2.75, 3.05) is 12.0 Å². The first-order valence-electron chi connectivity index (χ1n) is 8.90. The number of benzene rings is 3. The molecule has 0 aliphatic carbocycles. The van der Waals surface area contributed by atoms with Gasteiger partial charge >= 0.3 is 0 Å². The Bertz CT molecular complexity index is 1160. The Morgan fingerprint density at radius 1 is 0.897 bits per heavy atom. The fraction of sp³-hybridized carbons (Fsp3) is 0.0909. The monoisotopic (exact) mass is 446 g/mol. The highest BCUT2D eigenvalue weighted by Crippen LogP contribution is 2.42. The molecule has 0 amide bonds. The minimum atomic E-state index is -0.440. The Morgan fingerprint density at radius 3 is 2.21 bits per heavy atom. The van der Waals surface area contributed by atoms with Crippen molar-refractivity contribution in [2.24, 2.45) is 0 Å². The molecule has 0 radical (unpaired) electrons. The van der Waals surface area contributed by atoms with Crippen LogP contribution in [0.3, 0.4) is 0 Å². The van der Waals surface area contributed by atoms with Crippen molar-refractivity contribution in [1.82, 2.24) is 4.68 Å². The Balaban J connectivity index is 1.90. The summed E-state index contributed by atoms with van der Waals surface area (Å²) in [6.07, 6.45) is 0. The molecule has 29 heavy (non-hydrogen) atoms. The molecule has 7 heteroatoms. The van der Waals surface area contributed by atoms with Gasteiger partial charge in [-0.15, -0.1) is 0 Å². The van der Waals surface area contributed by atoms with E-state index in [2.05, 4.69) is 5.43 Å². The van der Waals surface area contributed by atoms with Gasteiger partial charge in [-0.3, -0.25) is 0 Å². The first-order valence-corrected chi connectivity index (χ1v) is 10.0. The van der Waals surface area contributed by atoms with Gasteiger partial charge in [-0.2, -0.15) is 0 Å². The van der Waals surface area contributed by atoms with E-state index in [1.165, 1.54) is 4.68 Å². The highest BCUT2D eigenvalue weighted by molar-refractivity contribution is 6.43. The molecule has 1 aromatic heterocycles. The molecule has 148 valence electrons. The van der Waals surface area contributed by atoms with E-state index in [-0.39, 0.29) is 12.5 Å². The average molecular weight is 448 g/mol. The lowest BCUT2D eigenvalue weighted by Gasteiger charge is -2.20. The summed E-state index contributed by atoms with van der Waals surface area (Å²) in [6, 6.07) is 19.6. The van der Waals surface area contributed by atoms with E-state index in [4.69, 9.17) is 34.8 Å². The fourth-order valence-corrected chi connectivity index (χ4v) is 3.81. The van der Waals surface area contributed by atoms with Gasteiger partial charge in [-0.25, -0.2) is 4.68 Å². The molecule has 1 atom stereocenters. The predicted molar refractivity (Wildman–Crippen MR) is 120 cm³/mol. The molecule has 0 bridgehead atoms. The first kappa shape index (κ1) is 19.9. The molecular formula is C22H17Cl3N2O2. The Kier molecular flexibility index (Phi) is 5.61. The number of aliphatic hydroxyl groups is 1. The quantitative estimate of drug-likeness (QED) is 0.339. The Labute approximate surface area is 182 Å². The van der Waals surface area contributed by atoms with Gasteiger partial charge in [-0.05, 0) is 35.4 Å². The summed E-state index contributed by atoms with van der Waals surface area (Å²) in [5.41, 5.74) is 6.07. The van der Waals surface area contributed by atoms with Crippen LogP contribution in [0.15, 0.2) is 66.7 Å². The van der Waals surface area contributed by atoms with Gasteiger partial charge in [0.2, 0.25) is 5.88 Å². The zero-order valence-corrected chi connectivity index (χ0v) is 17.4. The third kappa shape index (κ3) is 3.77. The van der Waals surface area contributed by atoms with Crippen LogP contribution in [0.4, 0.5) is 0 Å². The van der Waals surface area contributed by atoms with E-state index in [1.807, 2.05) is 42.5 Å². The lowest BCUT2D eigenvalue weighted by atomic mass is 10.0. The van der Waals surface area contributed by atoms with Gasteiger partial charge < -0.3 is 15.6 Å². The second-order valence-electron chi connectivity index (χ2n) is 6.60. The largest absolute Gasteiger partial charge is 0.493 e. The summed E-state index contributed by atoms with van der Waals surface area (Å²) in [6.45, 7) is -0.166. The molecule has 0 aliphatic heterocycles. The van der Waals surface area contributed by atoms with Crippen LogP contribution in [0, 0.1) is 0 Å². The van der Waals surface area contributed by atoms with E-state index >= 15 is 0 Å². The smallest absolute Gasteiger partial charge is 0.219 e. The van der Waals surface area contributed by atoms with Crippen molar-refractivity contribution in [3.63, 3.8) is 0 Å². The number of aromatic hydroxyl groups is 1. The molecular weight excluding hydrogens is 431 g/mol. The summed E-state index contributed by atoms with van der Waals surface area (Å²) in [5.74, 6) is -0.0185. The van der Waals surface area contributed by atoms with Crippen LogP contribution in [0.25, 0.3) is 22.0 Å². The number of halogens is 3. The van der Waals surface area contributed by atoms with Crippen molar-refractivity contribution >= 4 is 45.7 Å². The van der Waals surface area contributed by atoms with Crippen molar-refractivity contribution in [1.29, 1.82) is 0 Å². The Morgan fingerprint density at radius 2 is 1.55 bits per heavy atom. The molecule has 4 rings (SSSR count). The SMILES string of the molecule is OC[C@H](Nn1c(O)c(-c2ccc(Cl)cc2)c2cc(Cl)c(Cl)cc21)c1ccccc1. The van der Waals surface area contributed by atoms with E-state index in [1.54, 1.807) is 24.3 Å². The number of nitrogens with one attached hydrogen (secondary N) is 1. The van der Waals surface area contributed by atoms with Crippen molar-refractivity contribution < 1.29 is 10.2 Å². The van der Waals surface area contributed by atoms with E-state index in [0.717, 1.165) is 16.5 Å². The summed E-state index contributed by atoms with van der Waals surface area (Å²) in [5, 5.41) is 23.1. The number of hydrogen-bond acceptors (Lipinski definition) is 3. The summed E-state index contributed by atoms with van der Waals surface area (Å²) >= 11 is 18.5. The minimum absolute atomic E-state index is 0.0185. The maximum Gasteiger partial charge on any atom is 0.219 e. The van der Waals surface area contributed by atoms with Gasteiger partial charge in [0.05, 0.1) is 33.8 Å². The zero-order valence-electron chi connectivity index (χ0n) is 15.1. The normalized spacial score (nSPS) is 12.3. The molecule has 0 saturated carbocycles. The minimum Gasteiger partial charge on any atom is -0.493 e. The average Bonchev–Trinajstić information content (AvgIpc) is 2.98. The highest BCUT2D eigenvalue weighted by Gasteiger charge is 2.22.